The molecule has 174 valence electrons. The Morgan fingerprint density at radius 3 is 2.58 bits per heavy atom. The number of rotatable bonds is 8. The lowest BCUT2D eigenvalue weighted by atomic mass is 9.97. The fraction of sp³-hybridized carbons (Fsp3) is 0.700. The quantitative estimate of drug-likeness (QED) is 0.562. The lowest BCUT2D eigenvalue weighted by Crippen LogP contribution is -2.53. The van der Waals surface area contributed by atoms with Gasteiger partial charge in [0.2, 0.25) is 11.8 Å². The Balaban J connectivity index is 1.47. The molecule has 2 aliphatic rings. The Morgan fingerprint density at radius 1 is 1.19 bits per heavy atom. The van der Waals surface area contributed by atoms with Crippen molar-refractivity contribution in [2.45, 2.75) is 36.8 Å². The van der Waals surface area contributed by atoms with Crippen molar-refractivity contribution in [3.63, 3.8) is 0 Å². The normalized spacial score (nSPS) is 21.2. The van der Waals surface area contributed by atoms with Gasteiger partial charge >= 0.3 is 0 Å². The van der Waals surface area contributed by atoms with Crippen LogP contribution in [0.3, 0.4) is 0 Å². The first kappa shape index (κ1) is 24.4. The van der Waals surface area contributed by atoms with E-state index in [-0.39, 0.29) is 41.6 Å². The van der Waals surface area contributed by atoms with Crippen molar-refractivity contribution in [1.29, 1.82) is 0 Å². The first-order valence-electron chi connectivity index (χ1n) is 10.8. The van der Waals surface area contributed by atoms with Crippen molar-refractivity contribution in [3.8, 4) is 0 Å². The lowest BCUT2D eigenvalue weighted by Gasteiger charge is -2.36. The zero-order valence-electron chi connectivity index (χ0n) is 17.9. The second-order valence-corrected chi connectivity index (χ2v) is 11.9. The van der Waals surface area contributed by atoms with Gasteiger partial charge in [-0.3, -0.25) is 14.5 Å². The molecule has 0 saturated carbocycles. The van der Waals surface area contributed by atoms with E-state index in [2.05, 4.69) is 12.2 Å². The van der Waals surface area contributed by atoms with Gasteiger partial charge < -0.3 is 10.2 Å². The van der Waals surface area contributed by atoms with Crippen LogP contribution in [0, 0.1) is 5.92 Å². The maximum absolute atomic E-state index is 12.8. The molecule has 2 aliphatic heterocycles. The number of hydrogen-bond donors (Lipinski definition) is 1. The van der Waals surface area contributed by atoms with E-state index in [1.807, 2.05) is 4.90 Å². The number of nitrogens with zero attached hydrogens (tertiary/aromatic N) is 3. The summed E-state index contributed by atoms with van der Waals surface area (Å²) >= 11 is 6.92. The first-order chi connectivity index (χ1) is 14.8. The number of piperazine rings is 1. The van der Waals surface area contributed by atoms with E-state index in [1.54, 1.807) is 11.0 Å². The lowest BCUT2D eigenvalue weighted by molar-refractivity contribution is -0.135. The van der Waals surface area contributed by atoms with Gasteiger partial charge in [0.25, 0.3) is 10.0 Å². The topological polar surface area (TPSA) is 90.0 Å². The molecule has 1 unspecified atom stereocenters. The van der Waals surface area contributed by atoms with Crippen LogP contribution in [-0.2, 0) is 19.6 Å². The van der Waals surface area contributed by atoms with Crippen LogP contribution in [0.4, 0.5) is 0 Å². The van der Waals surface area contributed by atoms with Crippen molar-refractivity contribution < 1.29 is 18.0 Å². The fourth-order valence-corrected chi connectivity index (χ4v) is 7.04. The third-order valence-corrected chi connectivity index (χ3v) is 9.40. The molecule has 0 spiro atoms. The summed E-state index contributed by atoms with van der Waals surface area (Å²) in [5, 5.41) is 2.99. The van der Waals surface area contributed by atoms with Gasteiger partial charge in [0.05, 0.1) is 16.8 Å². The number of unbranched alkanes of at least 4 members (excludes halogenated alkanes) is 1. The summed E-state index contributed by atoms with van der Waals surface area (Å²) in [5.41, 5.74) is 0. The molecular weight excluding hydrogens is 460 g/mol. The summed E-state index contributed by atoms with van der Waals surface area (Å²) in [4.78, 5) is 28.9. The molecule has 1 atom stereocenters. The fourth-order valence-electron chi connectivity index (χ4n) is 3.98. The van der Waals surface area contributed by atoms with E-state index in [1.165, 1.54) is 10.4 Å². The Kier molecular flexibility index (Phi) is 8.74. The summed E-state index contributed by atoms with van der Waals surface area (Å²) in [6, 6.07) is 3.10. The monoisotopic (exact) mass is 490 g/mol. The molecule has 0 radical (unpaired) electrons. The smallest absolute Gasteiger partial charge is 0.252 e. The highest BCUT2D eigenvalue weighted by molar-refractivity contribution is 7.91. The van der Waals surface area contributed by atoms with Crippen LogP contribution in [0.1, 0.15) is 32.6 Å². The van der Waals surface area contributed by atoms with Gasteiger partial charge in [0.15, 0.2) is 0 Å². The molecule has 11 heteroatoms. The van der Waals surface area contributed by atoms with E-state index >= 15 is 0 Å². The number of halogens is 1. The van der Waals surface area contributed by atoms with Gasteiger partial charge in [-0.25, -0.2) is 8.42 Å². The second kappa shape index (κ2) is 11.1. The van der Waals surface area contributed by atoms with Gasteiger partial charge in [-0.2, -0.15) is 4.31 Å². The molecule has 3 heterocycles. The zero-order valence-corrected chi connectivity index (χ0v) is 20.3. The van der Waals surface area contributed by atoms with Gasteiger partial charge in [-0.1, -0.05) is 24.9 Å². The van der Waals surface area contributed by atoms with Crippen molar-refractivity contribution in [2.75, 3.05) is 52.4 Å². The highest BCUT2D eigenvalue weighted by Crippen LogP contribution is 2.28. The van der Waals surface area contributed by atoms with E-state index in [0.717, 1.165) is 43.6 Å². The molecule has 2 fully saturated rings. The Morgan fingerprint density at radius 2 is 1.94 bits per heavy atom. The Hall–Kier alpha value is -1.20. The number of piperidine rings is 1. The maximum atomic E-state index is 12.8. The molecular formula is C20H31ClN4O4S2. The first-order valence-corrected chi connectivity index (χ1v) is 13.5. The van der Waals surface area contributed by atoms with Crippen molar-refractivity contribution >= 4 is 44.8 Å². The van der Waals surface area contributed by atoms with Crippen LogP contribution in [0.5, 0.6) is 0 Å². The van der Waals surface area contributed by atoms with Gasteiger partial charge in [-0.15, -0.1) is 11.3 Å². The predicted octanol–water partition coefficient (Wildman–Crippen LogP) is 1.86. The van der Waals surface area contributed by atoms with Gasteiger partial charge in [0.1, 0.15) is 4.21 Å². The number of amides is 2. The summed E-state index contributed by atoms with van der Waals surface area (Å²) in [7, 11) is -3.57. The van der Waals surface area contributed by atoms with Crippen molar-refractivity contribution in [3.05, 3.63) is 16.5 Å². The maximum Gasteiger partial charge on any atom is 0.252 e. The molecule has 8 nitrogen and oxygen atoms in total. The SMILES string of the molecule is CCCCNC(=O)C1CCCN(CC(=O)N2CCN(S(=O)(=O)c3ccc(Cl)s3)CC2)C1. The molecule has 0 aromatic carbocycles. The van der Waals surface area contributed by atoms with Crippen molar-refractivity contribution in [2.24, 2.45) is 5.92 Å². The molecule has 2 saturated heterocycles. The number of hydrogen-bond acceptors (Lipinski definition) is 6. The van der Waals surface area contributed by atoms with E-state index in [0.29, 0.717) is 30.5 Å². The average molecular weight is 491 g/mol. The number of sulfonamides is 1. The molecule has 1 aromatic rings. The highest BCUT2D eigenvalue weighted by atomic mass is 35.5. The molecule has 3 rings (SSSR count). The minimum absolute atomic E-state index is 0.0109. The number of carbonyl (C=O) groups is 2. The second-order valence-electron chi connectivity index (χ2n) is 8.06. The van der Waals surface area contributed by atoms with Gasteiger partial charge in [0, 0.05) is 39.3 Å². The summed E-state index contributed by atoms with van der Waals surface area (Å²) < 4.78 is 27.5. The minimum atomic E-state index is -3.57. The number of likely N-dealkylation sites (tertiary alicyclic amines) is 1. The van der Waals surface area contributed by atoms with Crippen molar-refractivity contribution in [1.82, 2.24) is 19.4 Å². The Labute approximate surface area is 193 Å². The third-order valence-electron chi connectivity index (χ3n) is 5.80. The van der Waals surface area contributed by atoms with Crippen LogP contribution in [0.15, 0.2) is 16.3 Å². The number of carbonyl (C=O) groups excluding carboxylic acids is 2. The summed E-state index contributed by atoms with van der Waals surface area (Å²) in [5.74, 6) is -0.000580. The number of thiophene rings is 1. The third kappa shape index (κ3) is 6.41. The Bertz CT molecular complexity index is 868. The molecule has 2 amide bonds. The minimum Gasteiger partial charge on any atom is -0.356 e. The molecule has 1 N–H and O–H groups in total. The van der Waals surface area contributed by atoms with Crippen LogP contribution < -0.4 is 5.32 Å². The standard InChI is InChI=1S/C20H31ClN4O4S2/c1-2-3-8-22-20(27)16-5-4-9-23(14-16)15-18(26)24-10-12-25(13-11-24)31(28,29)19-7-6-17(21)30-19/h6-7,16H,2-5,8-15H2,1H3,(H,22,27). The van der Waals surface area contributed by atoms with Crippen LogP contribution >= 0.6 is 22.9 Å². The van der Waals surface area contributed by atoms with E-state index < -0.39 is 10.0 Å². The highest BCUT2D eigenvalue weighted by Gasteiger charge is 2.32. The molecule has 1 aromatic heterocycles. The molecule has 0 aliphatic carbocycles. The van der Waals surface area contributed by atoms with Crippen LogP contribution in [0.25, 0.3) is 0 Å². The largest absolute Gasteiger partial charge is 0.356 e. The van der Waals surface area contributed by atoms with E-state index in [9.17, 15) is 18.0 Å². The van der Waals surface area contributed by atoms with Crippen LogP contribution in [0.2, 0.25) is 4.34 Å². The zero-order chi connectivity index (χ0) is 22.4. The van der Waals surface area contributed by atoms with E-state index in [4.69, 9.17) is 11.6 Å². The molecule has 0 bridgehead atoms. The van der Waals surface area contributed by atoms with Gasteiger partial charge in [-0.05, 0) is 37.9 Å². The van der Waals surface area contributed by atoms with Crippen LogP contribution in [-0.4, -0.2) is 86.7 Å². The number of nitrogens with one attached hydrogen (secondary N) is 1. The average Bonchev–Trinajstić information content (AvgIpc) is 3.21. The predicted molar refractivity (Wildman–Crippen MR) is 122 cm³/mol. The molecule has 31 heavy (non-hydrogen) atoms. The summed E-state index contributed by atoms with van der Waals surface area (Å²) in [6.45, 7) is 5.74. The summed E-state index contributed by atoms with van der Waals surface area (Å²) in [6.07, 6.45) is 3.77.